The van der Waals surface area contributed by atoms with E-state index in [4.69, 9.17) is 23.2 Å². The minimum Gasteiger partial charge on any atom is -0.300 e. The number of anilines is 1. The summed E-state index contributed by atoms with van der Waals surface area (Å²) < 4.78 is 0. The summed E-state index contributed by atoms with van der Waals surface area (Å²) >= 11 is 13.1. The SMILES string of the molecule is CCCc1nnc(NC(=O)Cc2ccc(Cl)c(Cl)c2)s1. The number of aryl methyl sites for hydroxylation is 1. The quantitative estimate of drug-likeness (QED) is 0.902. The molecule has 0 atom stereocenters. The lowest BCUT2D eigenvalue weighted by atomic mass is 10.1. The van der Waals surface area contributed by atoms with Gasteiger partial charge in [0.25, 0.3) is 0 Å². The first kappa shape index (κ1) is 15.2. The second-order valence-corrected chi connectivity index (χ2v) is 6.10. The zero-order valence-electron chi connectivity index (χ0n) is 10.8. The van der Waals surface area contributed by atoms with Gasteiger partial charge in [-0.2, -0.15) is 0 Å². The zero-order chi connectivity index (χ0) is 14.5. The number of aromatic nitrogens is 2. The molecule has 0 saturated carbocycles. The molecule has 0 radical (unpaired) electrons. The molecule has 0 aliphatic heterocycles. The predicted molar refractivity (Wildman–Crippen MR) is 82.7 cm³/mol. The maximum Gasteiger partial charge on any atom is 0.230 e. The fraction of sp³-hybridized carbons (Fsp3) is 0.308. The summed E-state index contributed by atoms with van der Waals surface area (Å²) in [5.41, 5.74) is 0.801. The lowest BCUT2D eigenvalue weighted by Crippen LogP contribution is -2.14. The van der Waals surface area contributed by atoms with Gasteiger partial charge in [-0.25, -0.2) is 0 Å². The van der Waals surface area contributed by atoms with E-state index < -0.39 is 0 Å². The molecule has 106 valence electrons. The van der Waals surface area contributed by atoms with Gasteiger partial charge in [0, 0.05) is 6.42 Å². The second kappa shape index (κ2) is 7.02. The molecule has 1 amide bonds. The van der Waals surface area contributed by atoms with Crippen LogP contribution in [0.15, 0.2) is 18.2 Å². The van der Waals surface area contributed by atoms with Crippen LogP contribution in [0.25, 0.3) is 0 Å². The summed E-state index contributed by atoms with van der Waals surface area (Å²) in [5, 5.41) is 13.1. The van der Waals surface area contributed by atoms with Gasteiger partial charge in [0.1, 0.15) is 5.01 Å². The van der Waals surface area contributed by atoms with E-state index >= 15 is 0 Å². The van der Waals surface area contributed by atoms with Gasteiger partial charge in [0.15, 0.2) is 0 Å². The van der Waals surface area contributed by atoms with Crippen LogP contribution in [0, 0.1) is 0 Å². The molecule has 1 aromatic carbocycles. The number of nitrogens with one attached hydrogen (secondary N) is 1. The highest BCUT2D eigenvalue weighted by molar-refractivity contribution is 7.15. The van der Waals surface area contributed by atoms with Crippen LogP contribution in [-0.2, 0) is 17.6 Å². The van der Waals surface area contributed by atoms with Crippen molar-refractivity contribution >= 4 is 45.6 Å². The Hall–Kier alpha value is -1.17. The lowest BCUT2D eigenvalue weighted by molar-refractivity contribution is -0.115. The van der Waals surface area contributed by atoms with Gasteiger partial charge in [0.05, 0.1) is 16.5 Å². The minimum atomic E-state index is -0.150. The Kier molecular flexibility index (Phi) is 5.34. The number of carbonyl (C=O) groups excluding carboxylic acids is 1. The average Bonchev–Trinajstić information content (AvgIpc) is 2.81. The van der Waals surface area contributed by atoms with Crippen molar-refractivity contribution in [2.75, 3.05) is 5.32 Å². The minimum absolute atomic E-state index is 0.150. The molecule has 0 saturated heterocycles. The van der Waals surface area contributed by atoms with Crippen LogP contribution in [0.3, 0.4) is 0 Å². The van der Waals surface area contributed by atoms with Crippen LogP contribution in [0.4, 0.5) is 5.13 Å². The number of carbonyl (C=O) groups is 1. The van der Waals surface area contributed by atoms with Crippen molar-refractivity contribution in [2.45, 2.75) is 26.2 Å². The predicted octanol–water partition coefficient (Wildman–Crippen LogP) is 3.98. The van der Waals surface area contributed by atoms with Gasteiger partial charge >= 0.3 is 0 Å². The number of hydrogen-bond acceptors (Lipinski definition) is 4. The van der Waals surface area contributed by atoms with E-state index in [1.165, 1.54) is 11.3 Å². The van der Waals surface area contributed by atoms with Gasteiger partial charge in [0.2, 0.25) is 11.0 Å². The van der Waals surface area contributed by atoms with Crippen LogP contribution in [0.2, 0.25) is 10.0 Å². The molecule has 0 fully saturated rings. The van der Waals surface area contributed by atoms with Crippen molar-refractivity contribution in [3.8, 4) is 0 Å². The molecule has 0 spiro atoms. The average molecular weight is 330 g/mol. The first-order chi connectivity index (χ1) is 9.58. The number of halogens is 2. The van der Waals surface area contributed by atoms with Crippen molar-refractivity contribution in [1.82, 2.24) is 10.2 Å². The molecular weight excluding hydrogens is 317 g/mol. The Morgan fingerprint density at radius 1 is 1.30 bits per heavy atom. The van der Waals surface area contributed by atoms with Crippen LogP contribution in [-0.4, -0.2) is 16.1 Å². The Morgan fingerprint density at radius 2 is 2.10 bits per heavy atom. The third-order valence-electron chi connectivity index (χ3n) is 2.53. The third kappa shape index (κ3) is 4.16. The van der Waals surface area contributed by atoms with Crippen molar-refractivity contribution in [1.29, 1.82) is 0 Å². The maximum absolute atomic E-state index is 11.9. The summed E-state index contributed by atoms with van der Waals surface area (Å²) in [7, 11) is 0. The smallest absolute Gasteiger partial charge is 0.230 e. The van der Waals surface area contributed by atoms with E-state index in [-0.39, 0.29) is 12.3 Å². The van der Waals surface area contributed by atoms with Crippen LogP contribution < -0.4 is 5.32 Å². The zero-order valence-corrected chi connectivity index (χ0v) is 13.1. The molecule has 1 N–H and O–H groups in total. The Morgan fingerprint density at radius 3 is 2.80 bits per heavy atom. The number of amides is 1. The fourth-order valence-corrected chi connectivity index (χ4v) is 2.80. The molecule has 2 rings (SSSR count). The number of rotatable bonds is 5. The molecule has 20 heavy (non-hydrogen) atoms. The van der Waals surface area contributed by atoms with Gasteiger partial charge in [-0.1, -0.05) is 47.5 Å². The summed E-state index contributed by atoms with van der Waals surface area (Å²) in [5.74, 6) is -0.150. The van der Waals surface area contributed by atoms with Gasteiger partial charge in [-0.15, -0.1) is 10.2 Å². The van der Waals surface area contributed by atoms with Gasteiger partial charge < -0.3 is 5.32 Å². The summed E-state index contributed by atoms with van der Waals surface area (Å²) in [6, 6.07) is 5.14. The molecule has 1 heterocycles. The second-order valence-electron chi connectivity index (χ2n) is 4.22. The highest BCUT2D eigenvalue weighted by Crippen LogP contribution is 2.23. The molecule has 0 bridgehead atoms. The molecule has 0 aliphatic carbocycles. The van der Waals surface area contributed by atoms with Crippen molar-refractivity contribution in [3.63, 3.8) is 0 Å². The highest BCUT2D eigenvalue weighted by Gasteiger charge is 2.09. The highest BCUT2D eigenvalue weighted by atomic mass is 35.5. The third-order valence-corrected chi connectivity index (χ3v) is 4.16. The molecule has 0 aliphatic rings. The molecule has 4 nitrogen and oxygen atoms in total. The molecule has 1 aromatic heterocycles. The van der Waals surface area contributed by atoms with Crippen molar-refractivity contribution in [2.24, 2.45) is 0 Å². The van der Waals surface area contributed by atoms with Crippen molar-refractivity contribution < 1.29 is 4.79 Å². The van der Waals surface area contributed by atoms with E-state index in [0.717, 1.165) is 23.4 Å². The topological polar surface area (TPSA) is 54.9 Å². The standard InChI is InChI=1S/C13H13Cl2N3OS/c1-2-3-12-17-18-13(20-12)16-11(19)7-8-4-5-9(14)10(15)6-8/h4-6H,2-3,7H2,1H3,(H,16,18,19). The maximum atomic E-state index is 11.9. The largest absolute Gasteiger partial charge is 0.300 e. The Labute approximate surface area is 131 Å². The normalized spacial score (nSPS) is 10.6. The van der Waals surface area contributed by atoms with E-state index in [2.05, 4.69) is 22.4 Å². The monoisotopic (exact) mass is 329 g/mol. The molecule has 2 aromatic rings. The Balaban J connectivity index is 1.95. The number of nitrogens with zero attached hydrogens (tertiary/aromatic N) is 2. The first-order valence-electron chi connectivity index (χ1n) is 6.14. The first-order valence-corrected chi connectivity index (χ1v) is 7.72. The van der Waals surface area contributed by atoms with Crippen molar-refractivity contribution in [3.05, 3.63) is 38.8 Å². The van der Waals surface area contributed by atoms with Crippen LogP contribution in [0.5, 0.6) is 0 Å². The van der Waals surface area contributed by atoms with E-state index in [9.17, 15) is 4.79 Å². The Bertz CT molecular complexity index is 615. The lowest BCUT2D eigenvalue weighted by Gasteiger charge is -2.03. The van der Waals surface area contributed by atoms with Gasteiger partial charge in [-0.05, 0) is 24.1 Å². The summed E-state index contributed by atoms with van der Waals surface area (Å²) in [6.07, 6.45) is 2.10. The molecule has 7 heteroatoms. The van der Waals surface area contributed by atoms with Crippen LogP contribution >= 0.6 is 34.5 Å². The number of benzene rings is 1. The van der Waals surface area contributed by atoms with E-state index in [1.807, 2.05) is 0 Å². The summed E-state index contributed by atoms with van der Waals surface area (Å²) in [6.45, 7) is 2.07. The van der Waals surface area contributed by atoms with E-state index in [0.29, 0.717) is 15.2 Å². The molecule has 0 unspecified atom stereocenters. The molecular formula is C13H13Cl2N3OS. The number of hydrogen-bond donors (Lipinski definition) is 1. The fourth-order valence-electron chi connectivity index (χ4n) is 1.62. The van der Waals surface area contributed by atoms with Gasteiger partial charge in [-0.3, -0.25) is 4.79 Å². The van der Waals surface area contributed by atoms with Crippen LogP contribution in [0.1, 0.15) is 23.9 Å². The van der Waals surface area contributed by atoms with E-state index in [1.54, 1.807) is 18.2 Å². The summed E-state index contributed by atoms with van der Waals surface area (Å²) in [4.78, 5) is 11.9.